The zero-order chi connectivity index (χ0) is 34.5. The quantitative estimate of drug-likeness (QED) is 0.0963. The van der Waals surface area contributed by atoms with E-state index in [4.69, 9.17) is 14.2 Å². The van der Waals surface area contributed by atoms with Crippen LogP contribution in [-0.4, -0.2) is 23.8 Å². The van der Waals surface area contributed by atoms with E-state index in [0.717, 1.165) is 5.56 Å². The van der Waals surface area contributed by atoms with Crippen LogP contribution in [-0.2, 0) is 28.1 Å². The number of fused-ring (bicyclic) bond motifs is 1. The molecule has 0 spiro atoms. The highest BCUT2D eigenvalue weighted by molar-refractivity contribution is 6.04. The second kappa shape index (κ2) is 14.4. The molecule has 5 aromatic carbocycles. The minimum absolute atomic E-state index is 0.0164. The first-order chi connectivity index (χ1) is 23.6. The molecule has 0 saturated heterocycles. The van der Waals surface area contributed by atoms with Gasteiger partial charge < -0.3 is 18.8 Å². The van der Waals surface area contributed by atoms with Crippen molar-refractivity contribution in [2.24, 2.45) is 0 Å². The fourth-order valence-corrected chi connectivity index (χ4v) is 5.89. The Bertz CT molecular complexity index is 2040. The maximum atomic E-state index is 15.5. The molecular formula is C40H33F4NO4. The maximum absolute atomic E-state index is 15.5. The second-order valence-corrected chi connectivity index (χ2v) is 12.2. The average Bonchev–Trinajstić information content (AvgIpc) is 3.46. The molecule has 0 fully saturated rings. The number of alkyl halides is 2. The molecule has 250 valence electrons. The van der Waals surface area contributed by atoms with E-state index in [0.29, 0.717) is 44.5 Å². The maximum Gasteiger partial charge on any atom is 0.345 e. The van der Waals surface area contributed by atoms with Gasteiger partial charge in [0.25, 0.3) is 0 Å². The first-order valence-corrected chi connectivity index (χ1v) is 15.6. The number of benzene rings is 5. The van der Waals surface area contributed by atoms with E-state index in [2.05, 4.69) is 0 Å². The van der Waals surface area contributed by atoms with Gasteiger partial charge in [-0.25, -0.2) is 13.6 Å². The zero-order valence-corrected chi connectivity index (χ0v) is 26.8. The summed E-state index contributed by atoms with van der Waals surface area (Å²) in [4.78, 5) is 12.5. The Morgan fingerprint density at radius 1 is 0.755 bits per heavy atom. The summed E-state index contributed by atoms with van der Waals surface area (Å²) in [5, 5.41) is 0.532. The average molecular weight is 668 g/mol. The fourth-order valence-electron chi connectivity index (χ4n) is 5.89. The van der Waals surface area contributed by atoms with Crippen LogP contribution in [0.2, 0.25) is 0 Å². The number of aromatic nitrogens is 1. The summed E-state index contributed by atoms with van der Waals surface area (Å²) in [6, 6.07) is 33.6. The molecule has 6 rings (SSSR count). The number of esters is 1. The molecule has 5 nitrogen and oxygen atoms in total. The van der Waals surface area contributed by atoms with Gasteiger partial charge in [0.2, 0.25) is 0 Å². The smallest absolute Gasteiger partial charge is 0.345 e. The molecule has 0 aliphatic heterocycles. The summed E-state index contributed by atoms with van der Waals surface area (Å²) in [5.41, 5.74) is 3.58. The Morgan fingerprint density at radius 3 is 2.04 bits per heavy atom. The zero-order valence-electron chi connectivity index (χ0n) is 26.8. The van der Waals surface area contributed by atoms with Crippen LogP contribution in [0.3, 0.4) is 0 Å². The number of hydrogen-bond donors (Lipinski definition) is 0. The highest BCUT2D eigenvalue weighted by Crippen LogP contribution is 2.47. The summed E-state index contributed by atoms with van der Waals surface area (Å²) >= 11 is 0. The number of hydrogen-bond acceptors (Lipinski definition) is 4. The summed E-state index contributed by atoms with van der Waals surface area (Å²) in [6.45, 7) is 0.260. The second-order valence-electron chi connectivity index (χ2n) is 12.2. The van der Waals surface area contributed by atoms with Gasteiger partial charge in [-0.05, 0) is 59.2 Å². The predicted octanol–water partition coefficient (Wildman–Crippen LogP) is 10.0. The molecule has 0 aliphatic carbocycles. The summed E-state index contributed by atoms with van der Waals surface area (Å²) < 4.78 is 75.0. The number of carbonyl (C=O) groups excluding carboxylic acids is 1. The Kier molecular flexibility index (Phi) is 9.82. The standard InChI is InChI=1S/C40H33F4NO4/c1-40(2,25-49-39(43)44)37-35(28-15-13-27(14-16-28)24-48-38(46)29-11-7-4-8-12-29)36-33(45(37)32-19-17-30(41)18-20-32)21-31(42)22-34(36)47-23-26-9-5-3-6-10-26/h3-22,39H,23-25H2,1-2H3. The number of carbonyl (C=O) groups is 1. The van der Waals surface area contributed by atoms with Crippen LogP contribution in [0.15, 0.2) is 121 Å². The first-order valence-electron chi connectivity index (χ1n) is 15.6. The molecule has 0 bridgehead atoms. The van der Waals surface area contributed by atoms with Crippen LogP contribution >= 0.6 is 0 Å². The van der Waals surface area contributed by atoms with Crippen LogP contribution in [0.1, 0.15) is 41.0 Å². The van der Waals surface area contributed by atoms with Gasteiger partial charge in [-0.1, -0.05) is 86.6 Å². The van der Waals surface area contributed by atoms with E-state index in [1.807, 2.05) is 48.5 Å². The number of halogens is 4. The van der Waals surface area contributed by atoms with Crippen molar-refractivity contribution in [3.05, 3.63) is 155 Å². The third kappa shape index (κ3) is 7.52. The lowest BCUT2D eigenvalue weighted by atomic mass is 9.84. The SMILES string of the molecule is CC(C)(COC(F)F)c1c(-c2ccc(COC(=O)c3ccccc3)cc2)c2c(OCc3ccccc3)cc(F)cc2n1-c1ccc(F)cc1. The third-order valence-corrected chi connectivity index (χ3v) is 8.15. The lowest BCUT2D eigenvalue weighted by Gasteiger charge is -2.28. The molecule has 0 atom stereocenters. The molecule has 0 saturated carbocycles. The van der Waals surface area contributed by atoms with Gasteiger partial charge >= 0.3 is 12.6 Å². The number of nitrogens with zero attached hydrogens (tertiary/aromatic N) is 1. The Labute approximate surface area is 281 Å². The molecule has 0 radical (unpaired) electrons. The Hall–Kier alpha value is -5.41. The molecular weight excluding hydrogens is 634 g/mol. The van der Waals surface area contributed by atoms with Crippen molar-refractivity contribution >= 4 is 16.9 Å². The molecule has 49 heavy (non-hydrogen) atoms. The first kappa shape index (κ1) is 33.5. The van der Waals surface area contributed by atoms with E-state index in [1.54, 1.807) is 66.9 Å². The van der Waals surface area contributed by atoms with Crippen LogP contribution in [0.5, 0.6) is 5.75 Å². The van der Waals surface area contributed by atoms with Crippen LogP contribution in [0.25, 0.3) is 27.7 Å². The van der Waals surface area contributed by atoms with Crippen LogP contribution in [0.4, 0.5) is 17.6 Å². The minimum Gasteiger partial charge on any atom is -0.488 e. The van der Waals surface area contributed by atoms with Crippen molar-refractivity contribution in [3.8, 4) is 22.6 Å². The van der Waals surface area contributed by atoms with E-state index >= 15 is 4.39 Å². The number of rotatable bonds is 12. The normalized spacial score (nSPS) is 11.7. The molecule has 6 aromatic rings. The van der Waals surface area contributed by atoms with Gasteiger partial charge in [-0.15, -0.1) is 0 Å². The van der Waals surface area contributed by atoms with Crippen LogP contribution < -0.4 is 4.74 Å². The van der Waals surface area contributed by atoms with Crippen molar-refractivity contribution in [2.75, 3.05) is 6.61 Å². The molecule has 0 amide bonds. The van der Waals surface area contributed by atoms with E-state index in [1.165, 1.54) is 24.3 Å². The van der Waals surface area contributed by atoms with E-state index in [-0.39, 0.29) is 25.6 Å². The van der Waals surface area contributed by atoms with Crippen molar-refractivity contribution < 1.29 is 36.6 Å². The lowest BCUT2D eigenvalue weighted by Crippen LogP contribution is -2.29. The predicted molar refractivity (Wildman–Crippen MR) is 180 cm³/mol. The highest BCUT2D eigenvalue weighted by Gasteiger charge is 2.34. The monoisotopic (exact) mass is 667 g/mol. The van der Waals surface area contributed by atoms with Gasteiger partial charge in [-0.3, -0.25) is 0 Å². The fraction of sp³-hybridized carbons (Fsp3) is 0.175. The molecule has 1 aromatic heterocycles. The molecule has 0 N–H and O–H groups in total. The summed E-state index contributed by atoms with van der Waals surface area (Å²) in [7, 11) is 0. The Balaban J connectivity index is 1.52. The lowest BCUT2D eigenvalue weighted by molar-refractivity contribution is -0.139. The topological polar surface area (TPSA) is 49.7 Å². The molecule has 9 heteroatoms. The van der Waals surface area contributed by atoms with Gasteiger partial charge in [0, 0.05) is 28.4 Å². The van der Waals surface area contributed by atoms with Crippen molar-refractivity contribution in [1.82, 2.24) is 4.57 Å². The van der Waals surface area contributed by atoms with Crippen molar-refractivity contribution in [3.63, 3.8) is 0 Å². The van der Waals surface area contributed by atoms with Gasteiger partial charge in [0.15, 0.2) is 0 Å². The van der Waals surface area contributed by atoms with Gasteiger partial charge in [0.1, 0.15) is 30.6 Å². The van der Waals surface area contributed by atoms with Crippen molar-refractivity contribution in [2.45, 2.75) is 39.1 Å². The Morgan fingerprint density at radius 2 is 1.39 bits per heavy atom. The van der Waals surface area contributed by atoms with Gasteiger partial charge in [-0.2, -0.15) is 8.78 Å². The minimum atomic E-state index is -3.02. The summed E-state index contributed by atoms with van der Waals surface area (Å²) in [5.74, 6) is -1.27. The highest BCUT2D eigenvalue weighted by atomic mass is 19.3. The molecule has 1 heterocycles. The largest absolute Gasteiger partial charge is 0.488 e. The van der Waals surface area contributed by atoms with Crippen molar-refractivity contribution in [1.29, 1.82) is 0 Å². The summed E-state index contributed by atoms with van der Waals surface area (Å²) in [6.07, 6.45) is 0. The van der Waals surface area contributed by atoms with E-state index < -0.39 is 29.6 Å². The van der Waals surface area contributed by atoms with Crippen LogP contribution in [0, 0.1) is 11.6 Å². The molecule has 0 aliphatic rings. The third-order valence-electron chi connectivity index (χ3n) is 8.15. The van der Waals surface area contributed by atoms with Gasteiger partial charge in [0.05, 0.1) is 23.1 Å². The molecule has 0 unspecified atom stereocenters. The van der Waals surface area contributed by atoms with E-state index in [9.17, 15) is 18.0 Å². The number of ether oxygens (including phenoxy) is 3.